The Morgan fingerprint density at radius 1 is 0.826 bits per heavy atom. The van der Waals surface area contributed by atoms with Gasteiger partial charge in [-0.3, -0.25) is 0 Å². The third-order valence-corrected chi connectivity index (χ3v) is 3.09. The van der Waals surface area contributed by atoms with Gasteiger partial charge in [0.05, 0.1) is 24.3 Å². The molecule has 2 rings (SSSR count). The number of anilines is 1. The van der Waals surface area contributed by atoms with Crippen LogP contribution in [0.25, 0.3) is 0 Å². The van der Waals surface area contributed by atoms with E-state index in [1.165, 1.54) is 0 Å². The molecule has 2 aromatic rings. The SMILES string of the molecule is Nc1ccc(C(=O)OCCCOC(=O)c2ccc([NH3+])cc2)cc1. The normalized spacial score (nSPS) is 10.1. The van der Waals surface area contributed by atoms with Crippen molar-refractivity contribution in [3.63, 3.8) is 0 Å². The Kier molecular flexibility index (Phi) is 5.71. The molecule has 0 saturated carbocycles. The van der Waals surface area contributed by atoms with Gasteiger partial charge in [0, 0.05) is 12.1 Å². The number of benzene rings is 2. The fraction of sp³-hybridized carbons (Fsp3) is 0.176. The van der Waals surface area contributed by atoms with E-state index in [0.717, 1.165) is 5.69 Å². The summed E-state index contributed by atoms with van der Waals surface area (Å²) in [6.45, 7) is 0.355. The van der Waals surface area contributed by atoms with E-state index in [2.05, 4.69) is 5.73 Å². The Balaban J connectivity index is 1.67. The average molecular weight is 315 g/mol. The van der Waals surface area contributed by atoms with Crippen LogP contribution in [0.5, 0.6) is 0 Å². The maximum atomic E-state index is 11.7. The fourth-order valence-corrected chi connectivity index (χ4v) is 1.82. The topological polar surface area (TPSA) is 106 Å². The van der Waals surface area contributed by atoms with Gasteiger partial charge < -0.3 is 20.9 Å². The summed E-state index contributed by atoms with van der Waals surface area (Å²) >= 11 is 0. The minimum atomic E-state index is -0.428. The summed E-state index contributed by atoms with van der Waals surface area (Å²) < 4.78 is 10.2. The molecular formula is C17H19N2O4+. The van der Waals surface area contributed by atoms with Gasteiger partial charge in [0.1, 0.15) is 5.69 Å². The number of quaternary nitrogens is 1. The first-order valence-corrected chi connectivity index (χ1v) is 7.18. The van der Waals surface area contributed by atoms with E-state index >= 15 is 0 Å². The maximum absolute atomic E-state index is 11.7. The minimum Gasteiger partial charge on any atom is -0.462 e. The van der Waals surface area contributed by atoms with Crippen LogP contribution >= 0.6 is 0 Å². The summed E-state index contributed by atoms with van der Waals surface area (Å²) in [4.78, 5) is 23.5. The smallest absolute Gasteiger partial charge is 0.338 e. The second kappa shape index (κ2) is 7.95. The van der Waals surface area contributed by atoms with E-state index in [-0.39, 0.29) is 13.2 Å². The molecular weight excluding hydrogens is 296 g/mol. The molecule has 120 valence electrons. The predicted molar refractivity (Wildman–Crippen MR) is 85.0 cm³/mol. The van der Waals surface area contributed by atoms with Crippen molar-refractivity contribution in [3.05, 3.63) is 59.7 Å². The van der Waals surface area contributed by atoms with Crippen molar-refractivity contribution in [3.8, 4) is 0 Å². The van der Waals surface area contributed by atoms with Crippen molar-refractivity contribution in [2.24, 2.45) is 0 Å². The monoisotopic (exact) mass is 315 g/mol. The van der Waals surface area contributed by atoms with Gasteiger partial charge >= 0.3 is 11.9 Å². The Morgan fingerprint density at radius 2 is 1.26 bits per heavy atom. The van der Waals surface area contributed by atoms with Gasteiger partial charge in [-0.25, -0.2) is 9.59 Å². The fourth-order valence-electron chi connectivity index (χ4n) is 1.82. The van der Waals surface area contributed by atoms with Crippen LogP contribution in [0.2, 0.25) is 0 Å². The molecule has 0 aliphatic rings. The molecule has 0 atom stereocenters. The summed E-state index contributed by atoms with van der Waals surface area (Å²) in [5, 5.41) is 0. The van der Waals surface area contributed by atoms with Crippen LogP contribution in [-0.2, 0) is 9.47 Å². The third kappa shape index (κ3) is 5.12. The molecule has 0 unspecified atom stereocenters. The van der Waals surface area contributed by atoms with Crippen molar-refractivity contribution in [2.75, 3.05) is 18.9 Å². The lowest BCUT2D eigenvalue weighted by Gasteiger charge is -2.06. The van der Waals surface area contributed by atoms with Gasteiger partial charge in [-0.05, 0) is 48.5 Å². The largest absolute Gasteiger partial charge is 0.462 e. The molecule has 6 nitrogen and oxygen atoms in total. The third-order valence-electron chi connectivity index (χ3n) is 3.09. The highest BCUT2D eigenvalue weighted by Gasteiger charge is 2.08. The van der Waals surface area contributed by atoms with Crippen molar-refractivity contribution in [1.29, 1.82) is 0 Å². The lowest BCUT2D eigenvalue weighted by Crippen LogP contribution is -2.39. The van der Waals surface area contributed by atoms with Crippen LogP contribution in [-0.4, -0.2) is 25.2 Å². The Bertz CT molecular complexity index is 606. The van der Waals surface area contributed by atoms with E-state index in [1.54, 1.807) is 48.5 Å². The van der Waals surface area contributed by atoms with Crippen molar-refractivity contribution < 1.29 is 24.8 Å². The Labute approximate surface area is 134 Å². The van der Waals surface area contributed by atoms with Crippen LogP contribution in [0, 0.1) is 0 Å². The van der Waals surface area contributed by atoms with Crippen LogP contribution < -0.4 is 11.5 Å². The van der Waals surface area contributed by atoms with Gasteiger partial charge in [0.2, 0.25) is 0 Å². The molecule has 0 aliphatic carbocycles. The second-order valence-electron chi connectivity index (χ2n) is 4.94. The van der Waals surface area contributed by atoms with Crippen LogP contribution in [0.15, 0.2) is 48.5 Å². The number of carbonyl (C=O) groups excluding carboxylic acids is 2. The minimum absolute atomic E-state index is 0.175. The number of hydrogen-bond donors (Lipinski definition) is 2. The highest BCUT2D eigenvalue weighted by molar-refractivity contribution is 5.90. The molecule has 0 amide bonds. The highest BCUT2D eigenvalue weighted by atomic mass is 16.5. The van der Waals surface area contributed by atoms with E-state index in [1.807, 2.05) is 0 Å². The molecule has 0 saturated heterocycles. The highest BCUT2D eigenvalue weighted by Crippen LogP contribution is 2.08. The van der Waals surface area contributed by atoms with Gasteiger partial charge in [-0.2, -0.15) is 0 Å². The number of esters is 2. The van der Waals surface area contributed by atoms with Crippen molar-refractivity contribution in [1.82, 2.24) is 0 Å². The summed E-state index contributed by atoms with van der Waals surface area (Å²) in [5.41, 5.74) is 11.6. The molecule has 0 spiro atoms. The van der Waals surface area contributed by atoms with Crippen LogP contribution in [0.4, 0.5) is 11.4 Å². The Morgan fingerprint density at radius 3 is 1.74 bits per heavy atom. The molecule has 0 bridgehead atoms. The van der Waals surface area contributed by atoms with E-state index in [9.17, 15) is 9.59 Å². The molecule has 0 radical (unpaired) electrons. The van der Waals surface area contributed by atoms with E-state index in [4.69, 9.17) is 15.2 Å². The average Bonchev–Trinajstić information content (AvgIpc) is 2.55. The van der Waals surface area contributed by atoms with Gasteiger partial charge in [0.25, 0.3) is 0 Å². The van der Waals surface area contributed by atoms with Crippen molar-refractivity contribution in [2.45, 2.75) is 6.42 Å². The number of hydrogen-bond acceptors (Lipinski definition) is 5. The Hall–Kier alpha value is -2.86. The molecule has 6 heteroatoms. The number of nitrogens with two attached hydrogens (primary N) is 1. The van der Waals surface area contributed by atoms with Gasteiger partial charge in [-0.1, -0.05) is 0 Å². The van der Waals surface area contributed by atoms with E-state index in [0.29, 0.717) is 23.2 Å². The molecule has 0 aliphatic heterocycles. The number of ether oxygens (including phenoxy) is 2. The number of rotatable bonds is 6. The second-order valence-corrected chi connectivity index (χ2v) is 4.94. The summed E-state index contributed by atoms with van der Waals surface area (Å²) in [5.74, 6) is -0.836. The predicted octanol–water partition coefficient (Wildman–Crippen LogP) is 1.55. The first kappa shape index (κ1) is 16.5. The molecule has 5 N–H and O–H groups in total. The number of nitrogen functional groups attached to an aromatic ring is 1. The zero-order valence-corrected chi connectivity index (χ0v) is 12.7. The van der Waals surface area contributed by atoms with Crippen LogP contribution in [0.1, 0.15) is 27.1 Å². The number of carbonyl (C=O) groups is 2. The van der Waals surface area contributed by atoms with Crippen LogP contribution in [0.3, 0.4) is 0 Å². The summed E-state index contributed by atoms with van der Waals surface area (Å²) in [7, 11) is 0. The maximum Gasteiger partial charge on any atom is 0.338 e. The lowest BCUT2D eigenvalue weighted by atomic mass is 10.2. The molecule has 2 aromatic carbocycles. The molecule has 0 aromatic heterocycles. The zero-order valence-electron chi connectivity index (χ0n) is 12.7. The first-order valence-electron chi connectivity index (χ1n) is 7.18. The standard InChI is InChI=1S/C17H18N2O4/c18-14-6-2-12(3-7-14)16(20)22-10-1-11-23-17(21)13-4-8-15(19)9-5-13/h2-9H,1,10-11,18-19H2/p+1. The van der Waals surface area contributed by atoms with Crippen molar-refractivity contribution >= 4 is 23.3 Å². The summed E-state index contributed by atoms with van der Waals surface area (Å²) in [6.07, 6.45) is 0.430. The zero-order chi connectivity index (χ0) is 16.7. The first-order chi connectivity index (χ1) is 11.1. The summed E-state index contributed by atoms with van der Waals surface area (Å²) in [6, 6.07) is 13.3. The van der Waals surface area contributed by atoms with Gasteiger partial charge in [-0.15, -0.1) is 0 Å². The molecule has 23 heavy (non-hydrogen) atoms. The quantitative estimate of drug-likeness (QED) is 0.478. The lowest BCUT2D eigenvalue weighted by molar-refractivity contribution is -0.254. The molecule has 0 heterocycles. The molecule has 0 fully saturated rings. The van der Waals surface area contributed by atoms with Gasteiger partial charge in [0.15, 0.2) is 0 Å². The van der Waals surface area contributed by atoms with E-state index < -0.39 is 11.9 Å².